The van der Waals surface area contributed by atoms with Crippen molar-refractivity contribution in [3.8, 4) is 0 Å². The van der Waals surface area contributed by atoms with Gasteiger partial charge in [0.25, 0.3) is 5.69 Å². The zero-order chi connectivity index (χ0) is 9.84. The molecular formula is C8H8ClNO4. The molecule has 0 aliphatic carbocycles. The van der Waals surface area contributed by atoms with E-state index in [-0.39, 0.29) is 30.1 Å². The SMILES string of the molecule is Cl.O=C(O)Cc1ccccc1[N+](=O)[O-]. The standard InChI is InChI=1S/C8H7NO4.ClH/c10-8(11)5-6-3-1-2-4-7(6)9(12)13;/h1-4H,5H2,(H,10,11);1H. The number of hydrogen-bond donors (Lipinski definition) is 1. The van der Waals surface area contributed by atoms with Gasteiger partial charge < -0.3 is 5.11 Å². The Bertz CT molecular complexity index is 353. The Balaban J connectivity index is 0.00000169. The third-order valence-electron chi connectivity index (χ3n) is 1.53. The largest absolute Gasteiger partial charge is 0.481 e. The summed E-state index contributed by atoms with van der Waals surface area (Å²) in [6, 6.07) is 5.80. The second kappa shape index (κ2) is 5.18. The maximum atomic E-state index is 10.4. The average molecular weight is 218 g/mol. The van der Waals surface area contributed by atoms with E-state index in [1.807, 2.05) is 0 Å². The number of nitro groups is 1. The lowest BCUT2D eigenvalue weighted by atomic mass is 10.1. The maximum Gasteiger partial charge on any atom is 0.308 e. The second-order valence-corrected chi connectivity index (χ2v) is 2.46. The molecule has 0 aliphatic heterocycles. The minimum atomic E-state index is -1.07. The number of nitro benzene ring substituents is 1. The van der Waals surface area contributed by atoms with Gasteiger partial charge in [-0.05, 0) is 0 Å². The summed E-state index contributed by atoms with van der Waals surface area (Å²) in [7, 11) is 0. The molecule has 1 aromatic rings. The topological polar surface area (TPSA) is 80.4 Å². The van der Waals surface area contributed by atoms with Crippen molar-refractivity contribution >= 4 is 24.1 Å². The Morgan fingerprint density at radius 1 is 1.43 bits per heavy atom. The van der Waals surface area contributed by atoms with Crippen molar-refractivity contribution in [2.75, 3.05) is 0 Å². The zero-order valence-electron chi connectivity index (χ0n) is 7.04. The number of carbonyl (C=O) groups is 1. The number of carboxylic acid groups (broad SMARTS) is 1. The fourth-order valence-electron chi connectivity index (χ4n) is 1.00. The van der Waals surface area contributed by atoms with E-state index in [9.17, 15) is 14.9 Å². The Morgan fingerprint density at radius 3 is 2.50 bits per heavy atom. The quantitative estimate of drug-likeness (QED) is 0.617. The summed E-state index contributed by atoms with van der Waals surface area (Å²) in [5.41, 5.74) is 0.0740. The van der Waals surface area contributed by atoms with Crippen molar-refractivity contribution in [1.29, 1.82) is 0 Å². The highest BCUT2D eigenvalue weighted by molar-refractivity contribution is 5.85. The lowest BCUT2D eigenvalue weighted by Crippen LogP contribution is -2.03. The molecule has 1 aromatic carbocycles. The molecule has 0 saturated heterocycles. The molecule has 0 aromatic heterocycles. The second-order valence-electron chi connectivity index (χ2n) is 2.46. The molecule has 5 nitrogen and oxygen atoms in total. The van der Waals surface area contributed by atoms with Crippen LogP contribution in [0.25, 0.3) is 0 Å². The monoisotopic (exact) mass is 217 g/mol. The summed E-state index contributed by atoms with van der Waals surface area (Å²) >= 11 is 0. The molecule has 0 heterocycles. The molecule has 1 rings (SSSR count). The van der Waals surface area contributed by atoms with E-state index in [1.54, 1.807) is 6.07 Å². The average Bonchev–Trinajstić information content (AvgIpc) is 2.03. The molecule has 0 spiro atoms. The third kappa shape index (κ3) is 3.02. The molecule has 0 radical (unpaired) electrons. The van der Waals surface area contributed by atoms with E-state index in [0.717, 1.165) is 0 Å². The maximum absolute atomic E-state index is 10.4. The first kappa shape index (κ1) is 12.4. The number of para-hydroxylation sites is 1. The van der Waals surface area contributed by atoms with Crippen LogP contribution in [0.15, 0.2) is 24.3 Å². The van der Waals surface area contributed by atoms with E-state index in [0.29, 0.717) is 0 Å². The summed E-state index contributed by atoms with van der Waals surface area (Å²) < 4.78 is 0. The first-order valence-corrected chi connectivity index (χ1v) is 3.55. The molecule has 76 valence electrons. The molecule has 0 saturated carbocycles. The Hall–Kier alpha value is -1.62. The van der Waals surface area contributed by atoms with Crippen molar-refractivity contribution in [3.05, 3.63) is 39.9 Å². The van der Waals surface area contributed by atoms with Crippen molar-refractivity contribution in [2.45, 2.75) is 6.42 Å². The Morgan fingerprint density at radius 2 is 2.00 bits per heavy atom. The summed E-state index contributed by atoms with van der Waals surface area (Å²) in [5, 5.41) is 18.9. The van der Waals surface area contributed by atoms with Crippen LogP contribution in [0.2, 0.25) is 0 Å². The van der Waals surface area contributed by atoms with Crippen LogP contribution in [0.1, 0.15) is 5.56 Å². The van der Waals surface area contributed by atoms with Crippen LogP contribution in [0.5, 0.6) is 0 Å². The van der Waals surface area contributed by atoms with Gasteiger partial charge in [-0.2, -0.15) is 0 Å². The van der Waals surface area contributed by atoms with Crippen LogP contribution in [-0.4, -0.2) is 16.0 Å². The van der Waals surface area contributed by atoms with Gasteiger partial charge in [-0.1, -0.05) is 18.2 Å². The summed E-state index contributed by atoms with van der Waals surface area (Å²) in [6.45, 7) is 0. The van der Waals surface area contributed by atoms with Gasteiger partial charge >= 0.3 is 5.97 Å². The minimum absolute atomic E-state index is 0. The van der Waals surface area contributed by atoms with Gasteiger partial charge in [0.05, 0.1) is 11.3 Å². The van der Waals surface area contributed by atoms with E-state index in [2.05, 4.69) is 0 Å². The van der Waals surface area contributed by atoms with E-state index in [1.165, 1.54) is 18.2 Å². The van der Waals surface area contributed by atoms with Gasteiger partial charge in [0.15, 0.2) is 0 Å². The summed E-state index contributed by atoms with van der Waals surface area (Å²) in [6.07, 6.45) is -0.322. The van der Waals surface area contributed by atoms with Crippen LogP contribution >= 0.6 is 12.4 Å². The molecular weight excluding hydrogens is 210 g/mol. The third-order valence-corrected chi connectivity index (χ3v) is 1.53. The van der Waals surface area contributed by atoms with E-state index < -0.39 is 10.9 Å². The van der Waals surface area contributed by atoms with Crippen LogP contribution in [0.4, 0.5) is 5.69 Å². The molecule has 0 bridgehead atoms. The normalized spacial score (nSPS) is 8.86. The van der Waals surface area contributed by atoms with Crippen molar-refractivity contribution in [3.63, 3.8) is 0 Å². The van der Waals surface area contributed by atoms with Crippen LogP contribution in [-0.2, 0) is 11.2 Å². The van der Waals surface area contributed by atoms with Gasteiger partial charge in [-0.3, -0.25) is 14.9 Å². The van der Waals surface area contributed by atoms with Gasteiger partial charge in [-0.15, -0.1) is 12.4 Å². The first-order chi connectivity index (χ1) is 6.11. The molecule has 0 amide bonds. The molecule has 14 heavy (non-hydrogen) atoms. The zero-order valence-corrected chi connectivity index (χ0v) is 7.86. The highest BCUT2D eigenvalue weighted by Crippen LogP contribution is 2.17. The number of halogens is 1. The van der Waals surface area contributed by atoms with Gasteiger partial charge in [0, 0.05) is 11.6 Å². The van der Waals surface area contributed by atoms with Crippen molar-refractivity contribution in [2.24, 2.45) is 0 Å². The Labute approximate surface area is 85.9 Å². The molecule has 0 unspecified atom stereocenters. The lowest BCUT2D eigenvalue weighted by molar-refractivity contribution is -0.385. The fraction of sp³-hybridized carbons (Fsp3) is 0.125. The lowest BCUT2D eigenvalue weighted by Gasteiger charge is -1.97. The predicted molar refractivity (Wildman–Crippen MR) is 51.7 cm³/mol. The van der Waals surface area contributed by atoms with Gasteiger partial charge in [0.1, 0.15) is 0 Å². The van der Waals surface area contributed by atoms with Gasteiger partial charge in [-0.25, -0.2) is 0 Å². The minimum Gasteiger partial charge on any atom is -0.481 e. The Kier molecular flexibility index (Phi) is 4.58. The van der Waals surface area contributed by atoms with Gasteiger partial charge in [0.2, 0.25) is 0 Å². The van der Waals surface area contributed by atoms with Crippen LogP contribution in [0, 0.1) is 10.1 Å². The molecule has 0 fully saturated rings. The van der Waals surface area contributed by atoms with Crippen LogP contribution in [0.3, 0.4) is 0 Å². The highest BCUT2D eigenvalue weighted by Gasteiger charge is 2.14. The van der Waals surface area contributed by atoms with Crippen molar-refractivity contribution in [1.82, 2.24) is 0 Å². The number of benzene rings is 1. The predicted octanol–water partition coefficient (Wildman–Crippen LogP) is 1.64. The smallest absolute Gasteiger partial charge is 0.308 e. The molecule has 0 atom stereocenters. The number of rotatable bonds is 3. The number of aliphatic carboxylic acids is 1. The molecule has 0 aliphatic rings. The molecule has 6 heteroatoms. The van der Waals surface area contributed by atoms with E-state index >= 15 is 0 Å². The highest BCUT2D eigenvalue weighted by atomic mass is 35.5. The summed E-state index contributed by atoms with van der Waals surface area (Å²) in [4.78, 5) is 20.2. The number of hydrogen-bond acceptors (Lipinski definition) is 3. The molecule has 1 N–H and O–H groups in total. The van der Waals surface area contributed by atoms with Crippen LogP contribution < -0.4 is 0 Å². The summed E-state index contributed by atoms with van der Waals surface area (Å²) in [5.74, 6) is -1.07. The fourth-order valence-corrected chi connectivity index (χ4v) is 1.00. The number of carboxylic acids is 1. The van der Waals surface area contributed by atoms with E-state index in [4.69, 9.17) is 5.11 Å². The number of nitrogens with zero attached hydrogens (tertiary/aromatic N) is 1. The first-order valence-electron chi connectivity index (χ1n) is 3.55. The van der Waals surface area contributed by atoms with Crippen molar-refractivity contribution < 1.29 is 14.8 Å².